The maximum atomic E-state index is 6.24. The lowest BCUT2D eigenvalue weighted by Crippen LogP contribution is -2.37. The number of thiophene rings is 1. The zero-order chi connectivity index (χ0) is 12.8. The summed E-state index contributed by atoms with van der Waals surface area (Å²) in [4.78, 5) is 0. The average molecular weight is 292 g/mol. The lowest BCUT2D eigenvalue weighted by molar-refractivity contribution is 0.406. The second-order valence-corrected chi connectivity index (χ2v) is 8.47. The molecule has 0 amide bonds. The first-order chi connectivity index (χ1) is 7.72. The van der Waals surface area contributed by atoms with Crippen LogP contribution in [0, 0.1) is 5.92 Å². The Morgan fingerprint density at radius 2 is 2.12 bits per heavy atom. The molecule has 96 valence electrons. The van der Waals surface area contributed by atoms with Crippen LogP contribution in [-0.4, -0.2) is 12.1 Å². The van der Waals surface area contributed by atoms with Crippen LogP contribution in [-0.2, 0) is 5.41 Å². The van der Waals surface area contributed by atoms with E-state index >= 15 is 0 Å². The molecule has 1 saturated carbocycles. The first-order valence-electron chi connectivity index (χ1n) is 5.93. The molecule has 0 radical (unpaired) electrons. The van der Waals surface area contributed by atoms with E-state index in [1.54, 1.807) is 0 Å². The monoisotopic (exact) mass is 291 g/mol. The van der Waals surface area contributed by atoms with Crippen molar-refractivity contribution < 1.29 is 0 Å². The normalized spacial score (nSPS) is 28.5. The fourth-order valence-corrected chi connectivity index (χ4v) is 3.97. The summed E-state index contributed by atoms with van der Waals surface area (Å²) in [6.07, 6.45) is 1.20. The Hall–Kier alpha value is 0.240. The van der Waals surface area contributed by atoms with E-state index < -0.39 is 0 Å². The molecule has 1 aliphatic carbocycles. The zero-order valence-electron chi connectivity index (χ0n) is 10.7. The van der Waals surface area contributed by atoms with E-state index in [0.717, 1.165) is 15.2 Å². The van der Waals surface area contributed by atoms with Gasteiger partial charge in [0.1, 0.15) is 0 Å². The van der Waals surface area contributed by atoms with Crippen molar-refractivity contribution in [2.75, 3.05) is 6.54 Å². The summed E-state index contributed by atoms with van der Waals surface area (Å²) in [5.41, 5.74) is 1.63. The Morgan fingerprint density at radius 3 is 2.59 bits per heavy atom. The van der Waals surface area contributed by atoms with Crippen LogP contribution in [0.3, 0.4) is 0 Å². The van der Waals surface area contributed by atoms with Gasteiger partial charge in [-0.2, -0.15) is 0 Å². The van der Waals surface area contributed by atoms with E-state index in [-0.39, 0.29) is 11.0 Å². The molecule has 1 aliphatic rings. The molecule has 1 heterocycles. The van der Waals surface area contributed by atoms with E-state index in [2.05, 4.69) is 33.0 Å². The van der Waals surface area contributed by atoms with Crippen molar-refractivity contribution in [2.24, 2.45) is 5.92 Å². The highest BCUT2D eigenvalue weighted by Crippen LogP contribution is 2.57. The van der Waals surface area contributed by atoms with Gasteiger partial charge in [-0.3, -0.25) is 0 Å². The third kappa shape index (κ3) is 2.98. The zero-order valence-corrected chi connectivity index (χ0v) is 13.1. The first kappa shape index (κ1) is 13.7. The Balaban J connectivity index is 2.02. The van der Waals surface area contributed by atoms with Gasteiger partial charge in [-0.05, 0) is 56.7 Å². The van der Waals surface area contributed by atoms with E-state index in [4.69, 9.17) is 23.2 Å². The Morgan fingerprint density at radius 1 is 1.47 bits per heavy atom. The van der Waals surface area contributed by atoms with Gasteiger partial charge < -0.3 is 5.32 Å². The topological polar surface area (TPSA) is 12.0 Å². The third-order valence-electron chi connectivity index (χ3n) is 3.56. The molecule has 0 aliphatic heterocycles. The van der Waals surface area contributed by atoms with Crippen LogP contribution in [0.5, 0.6) is 0 Å². The van der Waals surface area contributed by atoms with Crippen LogP contribution < -0.4 is 5.32 Å². The van der Waals surface area contributed by atoms with Gasteiger partial charge in [-0.25, -0.2) is 0 Å². The first-order valence-corrected chi connectivity index (χ1v) is 7.50. The van der Waals surface area contributed by atoms with Gasteiger partial charge in [0.05, 0.1) is 8.67 Å². The van der Waals surface area contributed by atoms with Gasteiger partial charge in [0.2, 0.25) is 0 Å². The van der Waals surface area contributed by atoms with Crippen molar-refractivity contribution >= 4 is 34.5 Å². The number of hydrogen-bond acceptors (Lipinski definition) is 2. The lowest BCUT2D eigenvalue weighted by atomic mass is 9.98. The lowest BCUT2D eigenvalue weighted by Gasteiger charge is -2.21. The summed E-state index contributed by atoms with van der Waals surface area (Å²) in [7, 11) is 0. The molecule has 2 rings (SSSR count). The summed E-state index contributed by atoms with van der Waals surface area (Å²) in [6.45, 7) is 9.92. The minimum atomic E-state index is 0.180. The molecule has 4 heteroatoms. The predicted octanol–water partition coefficient (Wildman–Crippen LogP) is 4.72. The predicted molar refractivity (Wildman–Crippen MR) is 77.6 cm³/mol. The Bertz CT molecular complexity index is 422. The van der Waals surface area contributed by atoms with E-state index in [1.165, 1.54) is 23.3 Å². The summed E-state index contributed by atoms with van der Waals surface area (Å²) >= 11 is 13.7. The van der Waals surface area contributed by atoms with Crippen molar-refractivity contribution in [1.82, 2.24) is 5.32 Å². The van der Waals surface area contributed by atoms with Crippen molar-refractivity contribution in [1.29, 1.82) is 0 Å². The van der Waals surface area contributed by atoms with E-state index in [0.29, 0.717) is 5.92 Å². The van der Waals surface area contributed by atoms with E-state index in [1.807, 2.05) is 6.07 Å². The van der Waals surface area contributed by atoms with Crippen molar-refractivity contribution in [3.63, 3.8) is 0 Å². The summed E-state index contributed by atoms with van der Waals surface area (Å²) in [5, 5.41) is 3.56. The number of nitrogens with one attached hydrogen (secondary N) is 1. The van der Waals surface area contributed by atoms with Crippen LogP contribution in [0.15, 0.2) is 6.07 Å². The highest BCUT2D eigenvalue weighted by Gasteiger charge is 2.52. The quantitative estimate of drug-likeness (QED) is 0.850. The van der Waals surface area contributed by atoms with Crippen LogP contribution in [0.1, 0.15) is 39.7 Å². The van der Waals surface area contributed by atoms with Gasteiger partial charge in [-0.15, -0.1) is 11.3 Å². The van der Waals surface area contributed by atoms with Crippen molar-refractivity contribution in [3.8, 4) is 0 Å². The molecule has 1 fully saturated rings. The fraction of sp³-hybridized carbons (Fsp3) is 0.692. The molecular formula is C13H19Cl2NS. The van der Waals surface area contributed by atoms with Gasteiger partial charge in [0.15, 0.2) is 0 Å². The number of halogens is 2. The summed E-state index contributed by atoms with van der Waals surface area (Å²) < 4.78 is 1.65. The van der Waals surface area contributed by atoms with Crippen LogP contribution in [0.4, 0.5) is 0 Å². The molecule has 1 nitrogen and oxygen atoms in total. The molecule has 0 bridgehead atoms. The highest BCUT2D eigenvalue weighted by molar-refractivity contribution is 7.20. The molecule has 0 aromatic carbocycles. The van der Waals surface area contributed by atoms with Gasteiger partial charge in [0.25, 0.3) is 0 Å². The fourth-order valence-electron chi connectivity index (χ4n) is 2.24. The highest BCUT2D eigenvalue weighted by atomic mass is 35.5. The molecule has 1 aromatic heterocycles. The second kappa shape index (κ2) is 4.41. The SMILES string of the molecule is CC(C)(C)NCC1CC1(C)c1cc(Cl)sc1Cl. The van der Waals surface area contributed by atoms with E-state index in [9.17, 15) is 0 Å². The largest absolute Gasteiger partial charge is 0.312 e. The Kier molecular flexibility index (Phi) is 3.55. The van der Waals surface area contributed by atoms with Gasteiger partial charge in [0, 0.05) is 5.54 Å². The molecule has 0 saturated heterocycles. The molecule has 0 spiro atoms. The molecule has 1 aromatic rings. The average Bonchev–Trinajstić information content (AvgIpc) is 2.70. The maximum absolute atomic E-state index is 6.24. The molecule has 2 atom stereocenters. The van der Waals surface area contributed by atoms with Crippen molar-refractivity contribution in [3.05, 3.63) is 20.3 Å². The van der Waals surface area contributed by atoms with Gasteiger partial charge >= 0.3 is 0 Å². The second-order valence-electron chi connectivity index (χ2n) is 6.19. The van der Waals surface area contributed by atoms with Gasteiger partial charge in [-0.1, -0.05) is 30.1 Å². The summed E-state index contributed by atoms with van der Waals surface area (Å²) in [6, 6.07) is 2.03. The standard InChI is InChI=1S/C13H19Cl2NS/c1-12(2,3)16-7-8-6-13(8,4)9-5-10(14)17-11(9)15/h5,8,16H,6-7H2,1-4H3. The summed E-state index contributed by atoms with van der Waals surface area (Å²) in [5.74, 6) is 0.671. The molecule has 2 unspecified atom stereocenters. The minimum Gasteiger partial charge on any atom is -0.312 e. The number of hydrogen-bond donors (Lipinski definition) is 1. The maximum Gasteiger partial charge on any atom is 0.0981 e. The molecule has 1 N–H and O–H groups in total. The van der Waals surface area contributed by atoms with Crippen LogP contribution >= 0.6 is 34.5 Å². The molecular weight excluding hydrogens is 273 g/mol. The molecule has 17 heavy (non-hydrogen) atoms. The van der Waals surface area contributed by atoms with Crippen LogP contribution in [0.2, 0.25) is 8.67 Å². The Labute approximate surface area is 118 Å². The smallest absolute Gasteiger partial charge is 0.0981 e. The minimum absolute atomic E-state index is 0.180. The van der Waals surface area contributed by atoms with Crippen molar-refractivity contribution in [2.45, 2.75) is 45.1 Å². The third-order valence-corrected chi connectivity index (χ3v) is 5.05. The van der Waals surface area contributed by atoms with Crippen LogP contribution in [0.25, 0.3) is 0 Å². The number of rotatable bonds is 3.